The lowest BCUT2D eigenvalue weighted by molar-refractivity contribution is 0.423. The highest BCUT2D eigenvalue weighted by Gasteiger charge is 2.18. The van der Waals surface area contributed by atoms with Gasteiger partial charge in [-0.05, 0) is 42.2 Å². The number of hydrogen-bond donors (Lipinski definition) is 2. The summed E-state index contributed by atoms with van der Waals surface area (Å²) in [5.74, 6) is -0.603. The summed E-state index contributed by atoms with van der Waals surface area (Å²) in [6.45, 7) is 3.79. The van der Waals surface area contributed by atoms with Gasteiger partial charge in [-0.1, -0.05) is 30.3 Å². The molecule has 92 valence electrons. The Morgan fingerprint density at radius 1 is 0.944 bits per heavy atom. The third-order valence-electron chi connectivity index (χ3n) is 3.06. The number of rotatable bonds is 2. The molecule has 2 N–H and O–H groups in total. The van der Waals surface area contributed by atoms with Gasteiger partial charge in [-0.15, -0.1) is 0 Å². The molecule has 4 heteroatoms. The van der Waals surface area contributed by atoms with Crippen molar-refractivity contribution in [2.24, 2.45) is 0 Å². The molecule has 0 aliphatic carbocycles. The van der Waals surface area contributed by atoms with Crippen LogP contribution in [0.2, 0.25) is 0 Å². The monoisotopic (exact) mass is 244 g/mol. The molecule has 2 aromatic rings. The Kier molecular flexibility index (Phi) is 3.50. The molecule has 0 spiro atoms. The average molecular weight is 244 g/mol. The van der Waals surface area contributed by atoms with E-state index in [9.17, 15) is 4.39 Å². The maximum absolute atomic E-state index is 13.8. The lowest BCUT2D eigenvalue weighted by Crippen LogP contribution is -2.33. The van der Waals surface area contributed by atoms with Gasteiger partial charge >= 0.3 is 7.12 Å². The van der Waals surface area contributed by atoms with Crippen LogP contribution in [0.5, 0.6) is 0 Å². The van der Waals surface area contributed by atoms with E-state index >= 15 is 0 Å². The Bertz CT molecular complexity index is 582. The lowest BCUT2D eigenvalue weighted by Gasteiger charge is -2.12. The minimum absolute atomic E-state index is 0.0927. The highest BCUT2D eigenvalue weighted by Crippen LogP contribution is 2.26. The Balaban J connectivity index is 2.61. The van der Waals surface area contributed by atoms with Crippen molar-refractivity contribution in [1.29, 1.82) is 0 Å². The molecule has 0 aliphatic rings. The molecule has 0 aliphatic heterocycles. The van der Waals surface area contributed by atoms with Gasteiger partial charge in [-0.25, -0.2) is 4.39 Å². The fourth-order valence-electron chi connectivity index (χ4n) is 2.07. The molecule has 0 amide bonds. The maximum atomic E-state index is 13.8. The number of halogens is 1. The normalized spacial score (nSPS) is 10.5. The maximum Gasteiger partial charge on any atom is 0.491 e. The highest BCUT2D eigenvalue weighted by molar-refractivity contribution is 6.58. The van der Waals surface area contributed by atoms with Gasteiger partial charge in [-0.3, -0.25) is 0 Å². The largest absolute Gasteiger partial charge is 0.491 e. The van der Waals surface area contributed by atoms with Crippen LogP contribution < -0.4 is 5.46 Å². The molecular weight excluding hydrogens is 230 g/mol. The number of hydrogen-bond acceptors (Lipinski definition) is 2. The van der Waals surface area contributed by atoms with Crippen LogP contribution in [0.15, 0.2) is 36.4 Å². The minimum Gasteiger partial charge on any atom is -0.423 e. The second kappa shape index (κ2) is 4.92. The van der Waals surface area contributed by atoms with E-state index in [0.29, 0.717) is 0 Å². The molecule has 18 heavy (non-hydrogen) atoms. The summed E-state index contributed by atoms with van der Waals surface area (Å²) in [6, 6.07) is 10.5. The predicted molar refractivity (Wildman–Crippen MR) is 71.1 cm³/mol. The highest BCUT2D eigenvalue weighted by atomic mass is 19.1. The molecule has 0 aromatic heterocycles. The van der Waals surface area contributed by atoms with Gasteiger partial charge in [0, 0.05) is 5.46 Å². The zero-order valence-corrected chi connectivity index (χ0v) is 10.3. The van der Waals surface area contributed by atoms with E-state index in [2.05, 4.69) is 0 Å². The third-order valence-corrected chi connectivity index (χ3v) is 3.06. The van der Waals surface area contributed by atoms with Gasteiger partial charge in [0.25, 0.3) is 0 Å². The minimum atomic E-state index is -1.78. The Morgan fingerprint density at radius 3 is 2.22 bits per heavy atom. The van der Waals surface area contributed by atoms with Crippen LogP contribution in [-0.2, 0) is 0 Å². The van der Waals surface area contributed by atoms with E-state index in [4.69, 9.17) is 10.0 Å². The van der Waals surface area contributed by atoms with Gasteiger partial charge in [0.05, 0.1) is 0 Å². The zero-order valence-electron chi connectivity index (χ0n) is 10.3. The first-order valence-corrected chi connectivity index (χ1v) is 5.73. The van der Waals surface area contributed by atoms with E-state index in [-0.39, 0.29) is 5.46 Å². The van der Waals surface area contributed by atoms with Crippen LogP contribution in [-0.4, -0.2) is 17.2 Å². The standard InChI is InChI=1S/C14H14BFO2/c1-9-5-3-4-6-11(9)12-8-14(16)13(15(17)18)7-10(12)2/h3-8,17-18H,1-2H3. The molecule has 0 radical (unpaired) electrons. The first-order chi connectivity index (χ1) is 8.50. The fourth-order valence-corrected chi connectivity index (χ4v) is 2.07. The lowest BCUT2D eigenvalue weighted by atomic mass is 9.77. The van der Waals surface area contributed by atoms with Crippen molar-refractivity contribution < 1.29 is 14.4 Å². The number of aryl methyl sites for hydroxylation is 2. The molecule has 0 saturated carbocycles. The second-order valence-electron chi connectivity index (χ2n) is 4.38. The smallest absolute Gasteiger partial charge is 0.423 e. The van der Waals surface area contributed by atoms with Gasteiger partial charge in [0.2, 0.25) is 0 Å². The first-order valence-electron chi connectivity index (χ1n) is 5.73. The SMILES string of the molecule is Cc1ccccc1-c1cc(F)c(B(O)O)cc1C. The summed E-state index contributed by atoms with van der Waals surface area (Å²) in [4.78, 5) is 0. The third kappa shape index (κ3) is 2.30. The van der Waals surface area contributed by atoms with Crippen molar-refractivity contribution in [2.45, 2.75) is 13.8 Å². The molecular formula is C14H14BFO2. The number of benzene rings is 2. The van der Waals surface area contributed by atoms with Crippen LogP contribution in [0.25, 0.3) is 11.1 Å². The molecule has 0 bridgehead atoms. The Labute approximate surface area is 106 Å². The summed E-state index contributed by atoms with van der Waals surface area (Å²) in [7, 11) is -1.78. The molecule has 0 saturated heterocycles. The summed E-state index contributed by atoms with van der Waals surface area (Å²) in [5, 5.41) is 18.1. The van der Waals surface area contributed by atoms with E-state index in [1.807, 2.05) is 38.1 Å². The molecule has 2 rings (SSSR count). The Morgan fingerprint density at radius 2 is 1.61 bits per heavy atom. The van der Waals surface area contributed by atoms with E-state index in [1.54, 1.807) is 0 Å². The van der Waals surface area contributed by atoms with Crippen LogP contribution in [0.3, 0.4) is 0 Å². The van der Waals surface area contributed by atoms with E-state index < -0.39 is 12.9 Å². The first kappa shape index (κ1) is 12.8. The summed E-state index contributed by atoms with van der Waals surface area (Å²) in [5.41, 5.74) is 3.50. The van der Waals surface area contributed by atoms with Crippen molar-refractivity contribution in [1.82, 2.24) is 0 Å². The summed E-state index contributed by atoms with van der Waals surface area (Å²) >= 11 is 0. The molecule has 2 nitrogen and oxygen atoms in total. The topological polar surface area (TPSA) is 40.5 Å². The van der Waals surface area contributed by atoms with Gasteiger partial charge in [-0.2, -0.15) is 0 Å². The molecule has 2 aromatic carbocycles. The molecule has 0 fully saturated rings. The molecule has 0 atom stereocenters. The van der Waals surface area contributed by atoms with Crippen molar-refractivity contribution >= 4 is 12.6 Å². The van der Waals surface area contributed by atoms with E-state index in [1.165, 1.54) is 12.1 Å². The molecule has 0 heterocycles. The van der Waals surface area contributed by atoms with Crippen molar-refractivity contribution in [3.63, 3.8) is 0 Å². The van der Waals surface area contributed by atoms with Crippen LogP contribution in [0, 0.1) is 19.7 Å². The quantitative estimate of drug-likeness (QED) is 0.790. The molecule has 0 unspecified atom stereocenters. The second-order valence-corrected chi connectivity index (χ2v) is 4.38. The van der Waals surface area contributed by atoms with Gasteiger partial charge in [0.15, 0.2) is 0 Å². The zero-order chi connectivity index (χ0) is 13.3. The van der Waals surface area contributed by atoms with Gasteiger partial charge < -0.3 is 10.0 Å². The average Bonchev–Trinajstić information content (AvgIpc) is 2.32. The van der Waals surface area contributed by atoms with Gasteiger partial charge in [0.1, 0.15) is 5.82 Å². The van der Waals surface area contributed by atoms with Crippen molar-refractivity contribution in [2.75, 3.05) is 0 Å². The summed E-state index contributed by atoms with van der Waals surface area (Å²) in [6.07, 6.45) is 0. The predicted octanol–water partition coefficient (Wildman–Crippen LogP) is 1.79. The van der Waals surface area contributed by atoms with Crippen molar-refractivity contribution in [3.05, 3.63) is 53.3 Å². The fraction of sp³-hybridized carbons (Fsp3) is 0.143. The van der Waals surface area contributed by atoms with Crippen LogP contribution >= 0.6 is 0 Å². The van der Waals surface area contributed by atoms with Crippen LogP contribution in [0.4, 0.5) is 4.39 Å². The Hall–Kier alpha value is -1.65. The summed E-state index contributed by atoms with van der Waals surface area (Å²) < 4.78 is 13.8. The van der Waals surface area contributed by atoms with Crippen LogP contribution in [0.1, 0.15) is 11.1 Å². The van der Waals surface area contributed by atoms with E-state index in [0.717, 1.165) is 22.3 Å². The van der Waals surface area contributed by atoms with Crippen molar-refractivity contribution in [3.8, 4) is 11.1 Å².